The first kappa shape index (κ1) is 12.1. The van der Waals surface area contributed by atoms with E-state index < -0.39 is 0 Å². The number of hydrogen-bond acceptors (Lipinski definition) is 3. The third-order valence-electron chi connectivity index (χ3n) is 2.09. The van der Waals surface area contributed by atoms with Crippen LogP contribution in [0.3, 0.4) is 0 Å². The summed E-state index contributed by atoms with van der Waals surface area (Å²) in [6, 6.07) is 9.48. The van der Waals surface area contributed by atoms with E-state index in [0.29, 0.717) is 11.3 Å². The average Bonchev–Trinajstić information content (AvgIpc) is 2.26. The van der Waals surface area contributed by atoms with Crippen molar-refractivity contribution in [1.82, 2.24) is 0 Å². The number of ether oxygens (including phenoxy) is 1. The molecule has 0 aliphatic carbocycles. The fourth-order valence-electron chi connectivity index (χ4n) is 1.29. The lowest BCUT2D eigenvalue weighted by Gasteiger charge is -2.11. The van der Waals surface area contributed by atoms with Gasteiger partial charge in [0.15, 0.2) is 0 Å². The molecule has 1 rings (SSSR count). The van der Waals surface area contributed by atoms with Crippen molar-refractivity contribution in [3.05, 3.63) is 35.4 Å². The normalized spacial score (nSPS) is 11.9. The van der Waals surface area contributed by atoms with E-state index in [4.69, 9.17) is 15.7 Å². The van der Waals surface area contributed by atoms with Gasteiger partial charge in [0.1, 0.15) is 5.75 Å². The molecule has 2 N–H and O–H groups in total. The zero-order chi connectivity index (χ0) is 12.1. The summed E-state index contributed by atoms with van der Waals surface area (Å²) in [5.41, 5.74) is 7.68. The second kappa shape index (κ2) is 5.22. The molecule has 0 heterocycles. The van der Waals surface area contributed by atoms with Crippen molar-refractivity contribution in [2.24, 2.45) is 5.73 Å². The Labute approximate surface area is 96.1 Å². The molecule has 0 amide bonds. The van der Waals surface area contributed by atoms with Gasteiger partial charge in [-0.1, -0.05) is 12.1 Å². The predicted molar refractivity (Wildman–Crippen MR) is 64.6 cm³/mol. The van der Waals surface area contributed by atoms with Crippen molar-refractivity contribution < 1.29 is 4.74 Å². The summed E-state index contributed by atoms with van der Waals surface area (Å²) in [7, 11) is 0. The molecule has 1 aromatic carbocycles. The Morgan fingerprint density at radius 2 is 2.12 bits per heavy atom. The second-order valence-electron chi connectivity index (χ2n) is 3.84. The quantitative estimate of drug-likeness (QED) is 0.790. The maximum atomic E-state index is 8.76. The molecule has 0 saturated heterocycles. The number of allylic oxidation sites excluding steroid dienone is 1. The Balaban J connectivity index is 3.05. The molecular formula is C13H16N2O. The molecule has 0 saturated carbocycles. The number of benzene rings is 1. The Morgan fingerprint density at radius 3 is 2.69 bits per heavy atom. The van der Waals surface area contributed by atoms with Crippen LogP contribution in [0.2, 0.25) is 0 Å². The third kappa shape index (κ3) is 3.03. The minimum atomic E-state index is 0.123. The summed E-state index contributed by atoms with van der Waals surface area (Å²) in [5.74, 6) is 0.765. The number of nitrogens with two attached hydrogens (primary N) is 1. The summed E-state index contributed by atoms with van der Waals surface area (Å²) in [5, 5.41) is 8.76. The van der Waals surface area contributed by atoms with E-state index in [1.54, 1.807) is 6.92 Å². The first-order valence-electron chi connectivity index (χ1n) is 5.18. The minimum Gasteiger partial charge on any atom is -0.491 e. The molecule has 0 radical (unpaired) electrons. The van der Waals surface area contributed by atoms with Crippen molar-refractivity contribution in [2.45, 2.75) is 26.9 Å². The molecular weight excluding hydrogens is 200 g/mol. The molecule has 3 nitrogen and oxygen atoms in total. The van der Waals surface area contributed by atoms with E-state index in [-0.39, 0.29) is 6.10 Å². The van der Waals surface area contributed by atoms with Gasteiger partial charge in [-0.05, 0) is 32.9 Å². The van der Waals surface area contributed by atoms with Gasteiger partial charge < -0.3 is 10.5 Å². The lowest BCUT2D eigenvalue weighted by molar-refractivity contribution is 0.242. The van der Waals surface area contributed by atoms with Gasteiger partial charge in [0, 0.05) is 11.1 Å². The van der Waals surface area contributed by atoms with Crippen molar-refractivity contribution in [1.29, 1.82) is 5.26 Å². The molecule has 0 atom stereocenters. The molecule has 0 bridgehead atoms. The molecule has 1 aromatic rings. The lowest BCUT2D eigenvalue weighted by Crippen LogP contribution is -2.06. The van der Waals surface area contributed by atoms with Crippen molar-refractivity contribution in [2.75, 3.05) is 0 Å². The van der Waals surface area contributed by atoms with Crippen LogP contribution >= 0.6 is 0 Å². The second-order valence-corrected chi connectivity index (χ2v) is 3.84. The number of hydrogen-bond donors (Lipinski definition) is 1. The van der Waals surface area contributed by atoms with Gasteiger partial charge in [-0.25, -0.2) is 0 Å². The Morgan fingerprint density at radius 1 is 1.44 bits per heavy atom. The monoisotopic (exact) mass is 216 g/mol. The molecule has 0 aliphatic rings. The number of rotatable bonds is 3. The van der Waals surface area contributed by atoms with Gasteiger partial charge in [0.05, 0.1) is 17.9 Å². The first-order chi connectivity index (χ1) is 7.54. The van der Waals surface area contributed by atoms with Crippen LogP contribution in [-0.4, -0.2) is 6.10 Å². The van der Waals surface area contributed by atoms with Crippen molar-refractivity contribution in [3.8, 4) is 11.8 Å². The maximum absolute atomic E-state index is 8.76. The van der Waals surface area contributed by atoms with Gasteiger partial charge >= 0.3 is 0 Å². The zero-order valence-electron chi connectivity index (χ0n) is 9.82. The van der Waals surface area contributed by atoms with Gasteiger partial charge in [-0.3, -0.25) is 0 Å². The van der Waals surface area contributed by atoms with Crippen LogP contribution < -0.4 is 10.5 Å². The molecule has 84 valence electrons. The van der Waals surface area contributed by atoms with Crippen LogP contribution in [0, 0.1) is 11.3 Å². The standard InChI is InChI=1S/C13H16N2O/c1-9(2)16-12-6-4-5-11(7-12)13(15)10(3)8-14/h4-7,9H,15H2,1-3H3/b13-10+. The van der Waals surface area contributed by atoms with Crippen LogP contribution in [-0.2, 0) is 0 Å². The highest BCUT2D eigenvalue weighted by molar-refractivity contribution is 5.69. The minimum absolute atomic E-state index is 0.123. The van der Waals surface area contributed by atoms with E-state index in [0.717, 1.165) is 11.3 Å². The van der Waals surface area contributed by atoms with Crippen LogP contribution in [0.25, 0.3) is 5.70 Å². The number of nitriles is 1. The summed E-state index contributed by atoms with van der Waals surface area (Å²) >= 11 is 0. The topological polar surface area (TPSA) is 59.0 Å². The van der Waals surface area contributed by atoms with Crippen LogP contribution in [0.1, 0.15) is 26.3 Å². The van der Waals surface area contributed by atoms with Crippen molar-refractivity contribution in [3.63, 3.8) is 0 Å². The van der Waals surface area contributed by atoms with Crippen LogP contribution in [0.5, 0.6) is 5.75 Å². The summed E-state index contributed by atoms with van der Waals surface area (Å²) in [6.07, 6.45) is 0.123. The molecule has 16 heavy (non-hydrogen) atoms. The van der Waals surface area contributed by atoms with E-state index in [2.05, 4.69) is 0 Å². The Kier molecular flexibility index (Phi) is 3.96. The molecule has 0 unspecified atom stereocenters. The smallest absolute Gasteiger partial charge is 0.120 e. The largest absolute Gasteiger partial charge is 0.491 e. The summed E-state index contributed by atoms with van der Waals surface area (Å²) < 4.78 is 5.56. The number of nitrogens with zero attached hydrogens (tertiary/aromatic N) is 1. The Hall–Kier alpha value is -1.95. The van der Waals surface area contributed by atoms with Crippen LogP contribution in [0.15, 0.2) is 29.8 Å². The van der Waals surface area contributed by atoms with Crippen molar-refractivity contribution >= 4 is 5.70 Å². The van der Waals surface area contributed by atoms with E-state index in [1.807, 2.05) is 44.2 Å². The SMILES string of the molecule is C/C(C#N)=C(\N)c1cccc(OC(C)C)c1. The maximum Gasteiger partial charge on any atom is 0.120 e. The van der Waals surface area contributed by atoms with Crippen LogP contribution in [0.4, 0.5) is 0 Å². The highest BCUT2D eigenvalue weighted by Gasteiger charge is 2.03. The van der Waals surface area contributed by atoms with Gasteiger partial charge in [-0.2, -0.15) is 5.26 Å². The average molecular weight is 216 g/mol. The molecule has 0 spiro atoms. The highest BCUT2D eigenvalue weighted by Crippen LogP contribution is 2.20. The third-order valence-corrected chi connectivity index (χ3v) is 2.09. The summed E-state index contributed by atoms with van der Waals surface area (Å²) in [4.78, 5) is 0. The Bertz CT molecular complexity index is 441. The molecule has 0 fully saturated rings. The highest BCUT2D eigenvalue weighted by atomic mass is 16.5. The van der Waals surface area contributed by atoms with E-state index >= 15 is 0 Å². The fourth-order valence-corrected chi connectivity index (χ4v) is 1.29. The fraction of sp³-hybridized carbons (Fsp3) is 0.308. The predicted octanol–water partition coefficient (Wildman–Crippen LogP) is 2.69. The van der Waals surface area contributed by atoms with Gasteiger partial charge in [-0.15, -0.1) is 0 Å². The molecule has 0 aliphatic heterocycles. The van der Waals surface area contributed by atoms with Gasteiger partial charge in [0.2, 0.25) is 0 Å². The lowest BCUT2D eigenvalue weighted by atomic mass is 10.1. The zero-order valence-corrected chi connectivity index (χ0v) is 9.82. The summed E-state index contributed by atoms with van der Waals surface area (Å²) in [6.45, 7) is 5.63. The first-order valence-corrected chi connectivity index (χ1v) is 5.18. The molecule has 0 aromatic heterocycles. The van der Waals surface area contributed by atoms with Gasteiger partial charge in [0.25, 0.3) is 0 Å². The molecule has 3 heteroatoms. The van der Waals surface area contributed by atoms with E-state index in [1.165, 1.54) is 0 Å². The van der Waals surface area contributed by atoms with E-state index in [9.17, 15) is 0 Å².